The summed E-state index contributed by atoms with van der Waals surface area (Å²) in [7, 11) is 1.51. The van der Waals surface area contributed by atoms with Gasteiger partial charge in [-0.25, -0.2) is 0 Å². The number of hydrazine groups is 1. The van der Waals surface area contributed by atoms with Gasteiger partial charge in [0.05, 0.1) is 7.11 Å². The van der Waals surface area contributed by atoms with Gasteiger partial charge in [-0.05, 0) is 24.6 Å². The molecule has 0 aromatic heterocycles. The number of aromatic hydroxyl groups is 1. The average Bonchev–Trinajstić information content (AvgIpc) is 2.16. The van der Waals surface area contributed by atoms with Crippen molar-refractivity contribution in [3.8, 4) is 11.5 Å². The van der Waals surface area contributed by atoms with Crippen molar-refractivity contribution in [2.75, 3.05) is 7.11 Å². The van der Waals surface area contributed by atoms with Gasteiger partial charge in [0.15, 0.2) is 11.5 Å². The fourth-order valence-electron chi connectivity index (χ4n) is 1.07. The van der Waals surface area contributed by atoms with Crippen molar-refractivity contribution >= 4 is 0 Å². The van der Waals surface area contributed by atoms with E-state index in [1.807, 2.05) is 13.0 Å². The quantitative estimate of drug-likeness (QED) is 0.480. The minimum atomic E-state index is 0.0109. The van der Waals surface area contributed by atoms with Crippen LogP contribution in [0, 0.1) is 0 Å². The third-order valence-corrected chi connectivity index (χ3v) is 1.95. The van der Waals surface area contributed by atoms with Gasteiger partial charge in [-0.3, -0.25) is 11.3 Å². The first-order valence-electron chi connectivity index (χ1n) is 4.02. The summed E-state index contributed by atoms with van der Waals surface area (Å²) in [6.45, 7) is 1.90. The van der Waals surface area contributed by atoms with Crippen LogP contribution in [0.25, 0.3) is 0 Å². The van der Waals surface area contributed by atoms with Crippen molar-refractivity contribution in [3.63, 3.8) is 0 Å². The number of benzene rings is 1. The third kappa shape index (κ3) is 2.11. The summed E-state index contributed by atoms with van der Waals surface area (Å²) in [5.41, 5.74) is 3.51. The first kappa shape index (κ1) is 9.83. The summed E-state index contributed by atoms with van der Waals surface area (Å²) in [5.74, 6) is 5.85. The normalized spacial score (nSPS) is 12.5. The molecule has 0 aliphatic heterocycles. The van der Waals surface area contributed by atoms with Crippen molar-refractivity contribution in [2.24, 2.45) is 5.84 Å². The van der Waals surface area contributed by atoms with Crippen LogP contribution >= 0.6 is 0 Å². The van der Waals surface area contributed by atoms with E-state index < -0.39 is 0 Å². The lowest BCUT2D eigenvalue weighted by Crippen LogP contribution is -2.25. The van der Waals surface area contributed by atoms with E-state index in [9.17, 15) is 5.11 Å². The minimum absolute atomic E-state index is 0.0109. The number of hydrogen-bond acceptors (Lipinski definition) is 4. The number of nitrogens with one attached hydrogen (secondary N) is 1. The molecule has 0 heterocycles. The van der Waals surface area contributed by atoms with Gasteiger partial charge in [0, 0.05) is 6.04 Å². The molecule has 72 valence electrons. The molecule has 0 fully saturated rings. The summed E-state index contributed by atoms with van der Waals surface area (Å²) in [4.78, 5) is 0. The summed E-state index contributed by atoms with van der Waals surface area (Å²) in [5, 5.41) is 9.44. The van der Waals surface area contributed by atoms with Crippen molar-refractivity contribution in [1.29, 1.82) is 0 Å². The van der Waals surface area contributed by atoms with E-state index >= 15 is 0 Å². The maximum atomic E-state index is 9.44. The standard InChI is InChI=1S/C9H14N2O2/c1-6(11-10)7-3-4-9(13-2)8(12)5-7/h3-6,11-12H,10H2,1-2H3. The Hall–Kier alpha value is -1.26. The Balaban J connectivity index is 2.95. The van der Waals surface area contributed by atoms with E-state index in [-0.39, 0.29) is 11.8 Å². The highest BCUT2D eigenvalue weighted by atomic mass is 16.5. The van der Waals surface area contributed by atoms with E-state index in [2.05, 4.69) is 5.43 Å². The molecule has 1 rings (SSSR count). The van der Waals surface area contributed by atoms with E-state index in [0.717, 1.165) is 5.56 Å². The van der Waals surface area contributed by atoms with Gasteiger partial charge in [-0.2, -0.15) is 0 Å². The molecule has 0 bridgehead atoms. The molecule has 1 aromatic rings. The zero-order chi connectivity index (χ0) is 9.84. The highest BCUT2D eigenvalue weighted by Crippen LogP contribution is 2.28. The van der Waals surface area contributed by atoms with Gasteiger partial charge in [0.25, 0.3) is 0 Å². The number of phenols is 1. The zero-order valence-electron chi connectivity index (χ0n) is 7.74. The largest absolute Gasteiger partial charge is 0.504 e. The molecule has 0 amide bonds. The first-order chi connectivity index (χ1) is 6.19. The number of phenolic OH excluding ortho intramolecular Hbond substituents is 1. The van der Waals surface area contributed by atoms with Crippen LogP contribution < -0.4 is 16.0 Å². The van der Waals surface area contributed by atoms with Gasteiger partial charge in [-0.15, -0.1) is 0 Å². The summed E-state index contributed by atoms with van der Waals surface area (Å²) >= 11 is 0. The number of rotatable bonds is 3. The second-order valence-electron chi connectivity index (χ2n) is 2.82. The topological polar surface area (TPSA) is 67.5 Å². The van der Waals surface area contributed by atoms with Gasteiger partial charge in [0.2, 0.25) is 0 Å². The highest BCUT2D eigenvalue weighted by molar-refractivity contribution is 5.42. The number of nitrogens with two attached hydrogens (primary N) is 1. The van der Waals surface area contributed by atoms with E-state index in [1.54, 1.807) is 12.1 Å². The molecule has 4 nitrogen and oxygen atoms in total. The molecule has 0 saturated heterocycles. The SMILES string of the molecule is COc1ccc(C(C)NN)cc1O. The molecule has 0 spiro atoms. The van der Waals surface area contributed by atoms with Crippen LogP contribution in [0.15, 0.2) is 18.2 Å². The first-order valence-corrected chi connectivity index (χ1v) is 4.02. The predicted molar refractivity (Wildman–Crippen MR) is 50.4 cm³/mol. The van der Waals surface area contributed by atoms with Crippen LogP contribution in [0.1, 0.15) is 18.5 Å². The Kier molecular flexibility index (Phi) is 3.11. The lowest BCUT2D eigenvalue weighted by atomic mass is 10.1. The number of hydrogen-bond donors (Lipinski definition) is 3. The lowest BCUT2D eigenvalue weighted by molar-refractivity contribution is 0.372. The molecule has 0 aliphatic carbocycles. The lowest BCUT2D eigenvalue weighted by Gasteiger charge is -2.11. The second kappa shape index (κ2) is 4.11. The average molecular weight is 182 g/mol. The van der Waals surface area contributed by atoms with E-state index in [0.29, 0.717) is 5.75 Å². The Bertz CT molecular complexity index is 289. The van der Waals surface area contributed by atoms with Crippen LogP contribution in [-0.2, 0) is 0 Å². The fraction of sp³-hybridized carbons (Fsp3) is 0.333. The van der Waals surface area contributed by atoms with E-state index in [4.69, 9.17) is 10.6 Å². The van der Waals surface area contributed by atoms with Crippen molar-refractivity contribution in [3.05, 3.63) is 23.8 Å². The molecule has 4 heteroatoms. The highest BCUT2D eigenvalue weighted by Gasteiger charge is 2.06. The number of methoxy groups -OCH3 is 1. The molecular weight excluding hydrogens is 168 g/mol. The maximum Gasteiger partial charge on any atom is 0.160 e. The monoisotopic (exact) mass is 182 g/mol. The Morgan fingerprint density at radius 1 is 1.54 bits per heavy atom. The van der Waals surface area contributed by atoms with Gasteiger partial charge in [0.1, 0.15) is 0 Å². The van der Waals surface area contributed by atoms with Gasteiger partial charge < -0.3 is 9.84 Å². The Labute approximate surface area is 77.3 Å². The Morgan fingerprint density at radius 3 is 2.69 bits per heavy atom. The van der Waals surface area contributed by atoms with Crippen molar-refractivity contribution in [2.45, 2.75) is 13.0 Å². The second-order valence-corrected chi connectivity index (χ2v) is 2.82. The van der Waals surface area contributed by atoms with Gasteiger partial charge >= 0.3 is 0 Å². The molecule has 4 N–H and O–H groups in total. The smallest absolute Gasteiger partial charge is 0.160 e. The van der Waals surface area contributed by atoms with Crippen LogP contribution in [0.5, 0.6) is 11.5 Å². The zero-order valence-corrected chi connectivity index (χ0v) is 7.74. The fourth-order valence-corrected chi connectivity index (χ4v) is 1.07. The summed E-state index contributed by atoms with van der Waals surface area (Å²) in [6, 6.07) is 5.20. The van der Waals surface area contributed by atoms with Crippen LogP contribution in [0.2, 0.25) is 0 Å². The van der Waals surface area contributed by atoms with Crippen LogP contribution in [0.4, 0.5) is 0 Å². The summed E-state index contributed by atoms with van der Waals surface area (Å²) < 4.78 is 4.91. The molecule has 0 radical (unpaired) electrons. The molecule has 1 aromatic carbocycles. The van der Waals surface area contributed by atoms with E-state index in [1.165, 1.54) is 7.11 Å². The van der Waals surface area contributed by atoms with Crippen LogP contribution in [-0.4, -0.2) is 12.2 Å². The minimum Gasteiger partial charge on any atom is -0.504 e. The van der Waals surface area contributed by atoms with Gasteiger partial charge in [-0.1, -0.05) is 6.07 Å². The number of ether oxygens (including phenoxy) is 1. The summed E-state index contributed by atoms with van der Waals surface area (Å²) in [6.07, 6.45) is 0. The maximum absolute atomic E-state index is 9.44. The molecule has 0 saturated carbocycles. The predicted octanol–water partition coefficient (Wildman–Crippen LogP) is 0.925. The molecule has 1 unspecified atom stereocenters. The molecule has 1 atom stereocenters. The molecule has 13 heavy (non-hydrogen) atoms. The molecule has 0 aliphatic rings. The Morgan fingerprint density at radius 2 is 2.23 bits per heavy atom. The van der Waals surface area contributed by atoms with Crippen molar-refractivity contribution in [1.82, 2.24) is 5.43 Å². The molecular formula is C9H14N2O2. The third-order valence-electron chi connectivity index (χ3n) is 1.95. The van der Waals surface area contributed by atoms with Crippen molar-refractivity contribution < 1.29 is 9.84 Å². The van der Waals surface area contributed by atoms with Crippen LogP contribution in [0.3, 0.4) is 0 Å².